The van der Waals surface area contributed by atoms with E-state index in [2.05, 4.69) is 30.3 Å². The van der Waals surface area contributed by atoms with Crippen LogP contribution in [0.2, 0.25) is 0 Å². The molecule has 10 atom stereocenters. The summed E-state index contributed by atoms with van der Waals surface area (Å²) >= 11 is 0. The van der Waals surface area contributed by atoms with Crippen LogP contribution in [-0.2, 0) is 36.1 Å². The van der Waals surface area contributed by atoms with Crippen LogP contribution >= 0.6 is 0 Å². The van der Waals surface area contributed by atoms with E-state index in [-0.39, 0.29) is 51.6 Å². The Kier molecular flexibility index (Phi) is 11.7. The number of rotatable bonds is 10. The van der Waals surface area contributed by atoms with E-state index < -0.39 is 59.2 Å². The maximum Gasteiger partial charge on any atom is 0.446 e. The largest absolute Gasteiger partial charge is 0.446 e. The summed E-state index contributed by atoms with van der Waals surface area (Å²) < 4.78 is 47.0. The summed E-state index contributed by atoms with van der Waals surface area (Å²) in [5, 5.41) is 43.8. The lowest BCUT2D eigenvalue weighted by Crippen LogP contribution is -2.63. The first-order valence-corrected chi connectivity index (χ1v) is 19.5. The fraction of sp³-hybridized carbons (Fsp3) is 0.684. The number of ether oxygens (including phenoxy) is 2. The molecule has 3 saturated carbocycles. The number of nitrogens with one attached hydrogen (secondary N) is 1. The van der Waals surface area contributed by atoms with E-state index >= 15 is 0 Å². The number of hydrogen-bond acceptors (Lipinski definition) is 12. The molecule has 0 amide bonds. The van der Waals surface area contributed by atoms with Crippen LogP contribution in [0.15, 0.2) is 42.0 Å². The van der Waals surface area contributed by atoms with Gasteiger partial charge in [-0.05, 0) is 94.6 Å². The fourth-order valence-corrected chi connectivity index (χ4v) is 10.2. The van der Waals surface area contributed by atoms with E-state index in [0.717, 1.165) is 24.8 Å². The van der Waals surface area contributed by atoms with Gasteiger partial charge in [-0.15, -0.1) is 0 Å². The smallest absolute Gasteiger partial charge is 0.393 e. The molecule has 52 heavy (non-hydrogen) atoms. The quantitative estimate of drug-likeness (QED) is 0.190. The highest BCUT2D eigenvalue weighted by atomic mass is 32.3. The van der Waals surface area contributed by atoms with Crippen LogP contribution in [0.3, 0.4) is 0 Å². The molecule has 1 aromatic rings. The first kappa shape index (κ1) is 40.7. The van der Waals surface area contributed by atoms with Gasteiger partial charge in [-0.3, -0.25) is 14.1 Å². The molecule has 1 heterocycles. The maximum absolute atomic E-state index is 13.2. The number of aliphatic hydroxyl groups is 4. The fourth-order valence-electron chi connectivity index (χ4n) is 9.77. The lowest BCUT2D eigenvalue weighted by molar-refractivity contribution is -0.200. The molecule has 14 heteroatoms. The summed E-state index contributed by atoms with van der Waals surface area (Å²) in [6.45, 7) is 11.4. The summed E-state index contributed by atoms with van der Waals surface area (Å²) in [6.07, 6.45) is 7.49. The number of hydrogen-bond donors (Lipinski definition) is 6. The van der Waals surface area contributed by atoms with Gasteiger partial charge in [0.25, 0.3) is 0 Å². The molecular weight excluding hydrogens is 694 g/mol. The van der Waals surface area contributed by atoms with E-state index in [1.807, 2.05) is 26.8 Å². The number of carbonyl (C=O) groups excluding carboxylic acids is 2. The molecule has 1 saturated heterocycles. The normalized spacial score (nSPS) is 35.7. The maximum atomic E-state index is 13.2. The van der Waals surface area contributed by atoms with Crippen LogP contribution in [-0.4, -0.2) is 87.8 Å². The van der Waals surface area contributed by atoms with Crippen molar-refractivity contribution in [3.8, 4) is 5.75 Å². The Bertz CT molecular complexity index is 1690. The molecule has 6 N–H and O–H groups in total. The zero-order chi connectivity index (χ0) is 38.4. The molecule has 6 rings (SSSR count). The third-order valence-corrected chi connectivity index (χ3v) is 12.4. The number of ketones is 2. The first-order valence-electron chi connectivity index (χ1n) is 18.2. The minimum absolute atomic E-state index is 0.0125. The number of aliphatic hydroxyl groups excluding tert-OH is 4. The SMILES string of the molecule is CC(C)(C)NCC(O)c1ccc(OS(=O)(=O)O)c(CO)c1.CCC[C@@H]1O[C@@H]2C[C@H]3[C@@H]4CCC5=CC(=O)C=C[C@]5(C)[C@H]4[C@@H](O)C[C@]3(C)[C@]2(C(=O)CO)O1. The molecule has 1 aromatic carbocycles. The molecule has 290 valence electrons. The van der Waals surface area contributed by atoms with E-state index in [1.165, 1.54) is 18.2 Å². The highest BCUT2D eigenvalue weighted by molar-refractivity contribution is 7.81. The van der Waals surface area contributed by atoms with Crippen molar-refractivity contribution in [3.05, 3.63) is 53.1 Å². The summed E-state index contributed by atoms with van der Waals surface area (Å²) in [5.74, 6) is -0.153. The van der Waals surface area contributed by atoms with Gasteiger partial charge >= 0.3 is 10.4 Å². The minimum Gasteiger partial charge on any atom is -0.393 e. The lowest BCUT2D eigenvalue weighted by atomic mass is 9.46. The monoisotopic (exact) mass is 749 g/mol. The van der Waals surface area contributed by atoms with Crippen molar-refractivity contribution >= 4 is 22.0 Å². The molecule has 1 aliphatic heterocycles. The molecule has 1 unspecified atom stereocenters. The Balaban J connectivity index is 0.000000219. The average Bonchev–Trinajstić information content (AvgIpc) is 3.54. The highest BCUT2D eigenvalue weighted by Crippen LogP contribution is 2.69. The molecule has 0 aromatic heterocycles. The van der Waals surface area contributed by atoms with Crippen molar-refractivity contribution in [1.29, 1.82) is 0 Å². The second-order valence-electron chi connectivity index (χ2n) is 16.4. The standard InChI is InChI=1S/C25H34O6.C13H21NO6S/c1-4-5-21-30-20-11-17-16-7-6-14-10-15(27)8-9-23(14,2)22(16)18(28)12-24(17,3)25(20,31-21)19(29)13-26;1-13(2,3)14-7-11(16)9-4-5-12(10(6-9)8-15)20-21(17,18)19/h8-10,16-18,20-22,26,28H,4-7,11-13H2,1-3H3;4-6,11,14-16H,7-8H2,1-3H3,(H,17,18,19)/t16-,17-,18-,20+,21+,22+,23-,24-,25+;/m0./s1. The molecule has 13 nitrogen and oxygen atoms in total. The van der Waals surface area contributed by atoms with Gasteiger partial charge in [-0.2, -0.15) is 8.42 Å². The van der Waals surface area contributed by atoms with Crippen LogP contribution in [0.5, 0.6) is 5.75 Å². The number of Topliss-reactive ketones (excluding diaryl/α,β-unsaturated/α-hetero) is 1. The van der Waals surface area contributed by atoms with Crippen molar-refractivity contribution in [1.82, 2.24) is 5.32 Å². The predicted octanol–water partition coefficient (Wildman–Crippen LogP) is 3.50. The highest BCUT2D eigenvalue weighted by Gasteiger charge is 2.75. The van der Waals surface area contributed by atoms with Crippen molar-refractivity contribution in [2.24, 2.45) is 28.6 Å². The molecule has 4 aliphatic carbocycles. The molecule has 0 radical (unpaired) electrons. The Morgan fingerprint density at radius 2 is 1.90 bits per heavy atom. The number of fused-ring (bicyclic) bond motifs is 7. The molecule has 0 bridgehead atoms. The zero-order valence-corrected chi connectivity index (χ0v) is 31.7. The number of carbonyl (C=O) groups is 2. The van der Waals surface area contributed by atoms with Crippen molar-refractivity contribution in [3.63, 3.8) is 0 Å². The van der Waals surface area contributed by atoms with Gasteiger partial charge in [0.1, 0.15) is 6.61 Å². The van der Waals surface area contributed by atoms with Gasteiger partial charge in [0.15, 0.2) is 29.2 Å². The van der Waals surface area contributed by atoms with Crippen LogP contribution in [0.4, 0.5) is 0 Å². The van der Waals surface area contributed by atoms with Crippen LogP contribution in [0.1, 0.15) is 97.3 Å². The third-order valence-electron chi connectivity index (χ3n) is 12.0. The van der Waals surface area contributed by atoms with Crippen molar-refractivity contribution < 1.29 is 56.6 Å². The molecular formula is C38H55NO12S. The van der Waals surface area contributed by atoms with E-state index in [0.29, 0.717) is 31.4 Å². The Labute approximate surface area is 306 Å². The third kappa shape index (κ3) is 7.56. The van der Waals surface area contributed by atoms with Gasteiger partial charge in [-0.1, -0.05) is 44.9 Å². The minimum atomic E-state index is -4.66. The van der Waals surface area contributed by atoms with Crippen LogP contribution < -0.4 is 9.50 Å². The molecule has 5 aliphatic rings. The summed E-state index contributed by atoms with van der Waals surface area (Å²) in [5.41, 5.74) is -0.554. The zero-order valence-electron chi connectivity index (χ0n) is 30.9. The van der Waals surface area contributed by atoms with Crippen molar-refractivity contribution in [2.45, 2.75) is 122 Å². The second kappa shape index (κ2) is 15.0. The van der Waals surface area contributed by atoms with Gasteiger partial charge < -0.3 is 39.4 Å². The van der Waals surface area contributed by atoms with E-state index in [1.54, 1.807) is 12.2 Å². The molecule has 0 spiro atoms. The number of benzene rings is 1. The predicted molar refractivity (Wildman–Crippen MR) is 190 cm³/mol. The van der Waals surface area contributed by atoms with Gasteiger partial charge in [0.05, 0.1) is 24.9 Å². The average molecular weight is 750 g/mol. The van der Waals surface area contributed by atoms with Gasteiger partial charge in [0, 0.05) is 34.4 Å². The Morgan fingerprint density at radius 1 is 1.19 bits per heavy atom. The second-order valence-corrected chi connectivity index (χ2v) is 17.4. The van der Waals surface area contributed by atoms with E-state index in [4.69, 9.17) is 14.0 Å². The Morgan fingerprint density at radius 3 is 2.52 bits per heavy atom. The summed E-state index contributed by atoms with van der Waals surface area (Å²) in [4.78, 5) is 25.2. The number of β-amino-alcohol motifs (C(OH)–C–C–N with tert-alkyl or cyclic N) is 1. The van der Waals surface area contributed by atoms with Gasteiger partial charge in [-0.25, -0.2) is 0 Å². The van der Waals surface area contributed by atoms with E-state index in [9.17, 15) is 38.4 Å². The topological polar surface area (TPSA) is 209 Å². The lowest BCUT2D eigenvalue weighted by Gasteiger charge is -2.59. The van der Waals surface area contributed by atoms with Crippen LogP contribution in [0.25, 0.3) is 0 Å². The van der Waals surface area contributed by atoms with Crippen LogP contribution in [0, 0.1) is 28.6 Å². The first-order chi connectivity index (χ1) is 24.2. The Hall–Kier alpha value is -2.53. The summed E-state index contributed by atoms with van der Waals surface area (Å²) in [6, 6.07) is 4.17. The van der Waals surface area contributed by atoms with Gasteiger partial charge in [0.2, 0.25) is 0 Å². The van der Waals surface area contributed by atoms with Crippen molar-refractivity contribution in [2.75, 3.05) is 13.2 Å². The molecule has 4 fully saturated rings. The number of allylic oxidation sites excluding steroid dienone is 4. The summed E-state index contributed by atoms with van der Waals surface area (Å²) in [7, 11) is -4.66.